The summed E-state index contributed by atoms with van der Waals surface area (Å²) in [6, 6.07) is 9.21. The molecule has 32 heavy (non-hydrogen) atoms. The van der Waals surface area contributed by atoms with Crippen molar-refractivity contribution in [1.82, 2.24) is 15.1 Å². The van der Waals surface area contributed by atoms with Gasteiger partial charge in [0, 0.05) is 10.2 Å². The Bertz CT molecular complexity index is 1060. The molecular weight excluding hydrogens is 500 g/mol. The van der Waals surface area contributed by atoms with Gasteiger partial charge in [-0.3, -0.25) is 19.3 Å². The van der Waals surface area contributed by atoms with Crippen LogP contribution in [0.5, 0.6) is 0 Å². The van der Waals surface area contributed by atoms with Crippen LogP contribution in [0.15, 0.2) is 63.0 Å². The van der Waals surface area contributed by atoms with Crippen LogP contribution in [-0.2, 0) is 20.9 Å². The third-order valence-corrected chi connectivity index (χ3v) is 6.56. The Morgan fingerprint density at radius 2 is 1.88 bits per heavy atom. The Morgan fingerprint density at radius 3 is 2.59 bits per heavy atom. The standard InChI is InChI=1S/C21H19BrN4O5S/c22-13-3-5-14(6-4-13)24-18(28)12-25-16-7-9-32-19(16)20(29)26(21(25)30)11-17(27)23-10-15-2-1-8-31-15/h1-9,16,19H,10-12H2,(H,23,27)(H,24,28). The Morgan fingerprint density at radius 1 is 1.09 bits per heavy atom. The summed E-state index contributed by atoms with van der Waals surface area (Å²) in [7, 11) is 0. The van der Waals surface area contributed by atoms with Gasteiger partial charge in [0.2, 0.25) is 17.7 Å². The van der Waals surface area contributed by atoms with Crippen LogP contribution in [0.4, 0.5) is 10.5 Å². The fourth-order valence-electron chi connectivity index (χ4n) is 3.40. The number of halogens is 1. The Hall–Kier alpha value is -3.05. The van der Waals surface area contributed by atoms with E-state index in [1.807, 2.05) is 0 Å². The van der Waals surface area contributed by atoms with Gasteiger partial charge in [-0.25, -0.2) is 4.79 Å². The first-order valence-electron chi connectivity index (χ1n) is 9.71. The number of fused-ring (bicyclic) bond motifs is 1. The second-order valence-electron chi connectivity index (χ2n) is 7.12. The van der Waals surface area contributed by atoms with Gasteiger partial charge in [0.1, 0.15) is 24.1 Å². The van der Waals surface area contributed by atoms with Crippen molar-refractivity contribution in [3.8, 4) is 0 Å². The van der Waals surface area contributed by atoms with Crippen LogP contribution in [0.1, 0.15) is 5.76 Å². The molecule has 5 amide bonds. The lowest BCUT2D eigenvalue weighted by molar-refractivity contribution is -0.136. The van der Waals surface area contributed by atoms with E-state index in [0.717, 1.165) is 9.37 Å². The van der Waals surface area contributed by atoms with Crippen molar-refractivity contribution in [3.63, 3.8) is 0 Å². The van der Waals surface area contributed by atoms with Crippen molar-refractivity contribution in [1.29, 1.82) is 0 Å². The highest BCUT2D eigenvalue weighted by molar-refractivity contribution is 9.10. The van der Waals surface area contributed by atoms with Gasteiger partial charge >= 0.3 is 6.03 Å². The molecule has 9 nitrogen and oxygen atoms in total. The molecule has 0 aliphatic carbocycles. The van der Waals surface area contributed by atoms with Crippen molar-refractivity contribution < 1.29 is 23.6 Å². The first-order valence-corrected chi connectivity index (χ1v) is 11.4. The number of amides is 5. The van der Waals surface area contributed by atoms with E-state index >= 15 is 0 Å². The molecule has 2 aromatic rings. The molecule has 4 rings (SSSR count). The van der Waals surface area contributed by atoms with Gasteiger partial charge in [-0.1, -0.05) is 22.0 Å². The molecule has 2 aliphatic rings. The first kappa shape index (κ1) is 22.2. The number of benzene rings is 1. The van der Waals surface area contributed by atoms with Gasteiger partial charge in [-0.05, 0) is 41.8 Å². The number of carbonyl (C=O) groups excluding carboxylic acids is 4. The lowest BCUT2D eigenvalue weighted by atomic mass is 10.1. The van der Waals surface area contributed by atoms with Crippen molar-refractivity contribution in [2.45, 2.75) is 17.8 Å². The molecule has 0 radical (unpaired) electrons. The topological polar surface area (TPSA) is 112 Å². The van der Waals surface area contributed by atoms with E-state index in [1.54, 1.807) is 47.9 Å². The fourth-order valence-corrected chi connectivity index (χ4v) is 4.73. The van der Waals surface area contributed by atoms with Crippen LogP contribution >= 0.6 is 27.7 Å². The summed E-state index contributed by atoms with van der Waals surface area (Å²) in [4.78, 5) is 53.1. The second-order valence-corrected chi connectivity index (χ2v) is 9.09. The van der Waals surface area contributed by atoms with Gasteiger partial charge in [-0.2, -0.15) is 0 Å². The van der Waals surface area contributed by atoms with Crippen LogP contribution in [-0.4, -0.2) is 57.9 Å². The first-order chi connectivity index (χ1) is 15.4. The molecule has 11 heteroatoms. The Balaban J connectivity index is 1.42. The summed E-state index contributed by atoms with van der Waals surface area (Å²) in [5, 5.41) is 6.51. The van der Waals surface area contributed by atoms with E-state index in [0.29, 0.717) is 11.4 Å². The molecule has 0 saturated carbocycles. The van der Waals surface area contributed by atoms with Gasteiger partial charge in [-0.15, -0.1) is 11.8 Å². The molecule has 2 N–H and O–H groups in total. The largest absolute Gasteiger partial charge is 0.467 e. The van der Waals surface area contributed by atoms with Gasteiger partial charge in [0.25, 0.3) is 0 Å². The van der Waals surface area contributed by atoms with Crippen LogP contribution in [0.3, 0.4) is 0 Å². The number of imide groups is 1. The minimum Gasteiger partial charge on any atom is -0.467 e. The predicted molar refractivity (Wildman–Crippen MR) is 121 cm³/mol. The van der Waals surface area contributed by atoms with Crippen molar-refractivity contribution >= 4 is 57.1 Å². The average Bonchev–Trinajstić information content (AvgIpc) is 3.46. The number of nitrogens with one attached hydrogen (secondary N) is 2. The number of furan rings is 1. The summed E-state index contributed by atoms with van der Waals surface area (Å²) in [6.07, 6.45) is 3.22. The van der Waals surface area contributed by atoms with E-state index < -0.39 is 41.6 Å². The normalized spacial score (nSPS) is 19.8. The zero-order valence-corrected chi connectivity index (χ0v) is 19.1. The van der Waals surface area contributed by atoms with Crippen LogP contribution in [0, 0.1) is 0 Å². The molecule has 1 aromatic heterocycles. The maximum Gasteiger partial charge on any atom is 0.328 e. The Kier molecular flexibility index (Phi) is 6.66. The van der Waals surface area contributed by atoms with Crippen LogP contribution in [0.2, 0.25) is 0 Å². The molecule has 1 saturated heterocycles. The van der Waals surface area contributed by atoms with Crippen LogP contribution in [0.25, 0.3) is 0 Å². The molecule has 1 fully saturated rings. The summed E-state index contributed by atoms with van der Waals surface area (Å²) in [6.45, 7) is -0.546. The summed E-state index contributed by atoms with van der Waals surface area (Å²) >= 11 is 4.60. The van der Waals surface area contributed by atoms with E-state index in [2.05, 4.69) is 26.6 Å². The Labute approximate surface area is 196 Å². The third kappa shape index (κ3) is 4.89. The maximum atomic E-state index is 13.1. The number of thioether (sulfide) groups is 1. The monoisotopic (exact) mass is 518 g/mol. The molecule has 2 atom stereocenters. The number of hydrogen-bond donors (Lipinski definition) is 2. The molecule has 166 valence electrons. The second kappa shape index (κ2) is 9.61. The lowest BCUT2D eigenvalue weighted by Crippen LogP contribution is -2.64. The maximum absolute atomic E-state index is 13.1. The number of hydrogen-bond acceptors (Lipinski definition) is 6. The number of urea groups is 1. The molecule has 0 bridgehead atoms. The number of anilines is 1. The number of carbonyl (C=O) groups is 4. The highest BCUT2D eigenvalue weighted by atomic mass is 79.9. The van der Waals surface area contributed by atoms with E-state index in [4.69, 9.17) is 4.42 Å². The van der Waals surface area contributed by atoms with Crippen molar-refractivity contribution in [2.24, 2.45) is 0 Å². The molecular formula is C21H19BrN4O5S. The van der Waals surface area contributed by atoms with Crippen molar-refractivity contribution in [3.05, 3.63) is 64.4 Å². The zero-order valence-electron chi connectivity index (χ0n) is 16.7. The van der Waals surface area contributed by atoms with Gasteiger partial charge in [0.05, 0.1) is 18.8 Å². The summed E-state index contributed by atoms with van der Waals surface area (Å²) < 4.78 is 6.03. The molecule has 0 spiro atoms. The summed E-state index contributed by atoms with van der Waals surface area (Å²) in [5.74, 6) is -0.803. The van der Waals surface area contributed by atoms with E-state index in [1.165, 1.54) is 22.9 Å². The fraction of sp³-hybridized carbons (Fsp3) is 0.238. The van der Waals surface area contributed by atoms with Gasteiger partial charge < -0.3 is 20.0 Å². The SMILES string of the molecule is O=C(CN1C(=O)C2SC=CC2N(CC(=O)Nc2ccc(Br)cc2)C1=O)NCc1ccco1. The molecule has 2 aliphatic heterocycles. The average molecular weight is 519 g/mol. The van der Waals surface area contributed by atoms with E-state index in [-0.39, 0.29) is 13.1 Å². The highest BCUT2D eigenvalue weighted by Crippen LogP contribution is 2.34. The predicted octanol–water partition coefficient (Wildman–Crippen LogP) is 2.56. The molecule has 1 aromatic carbocycles. The van der Waals surface area contributed by atoms with E-state index in [9.17, 15) is 19.2 Å². The lowest BCUT2D eigenvalue weighted by Gasteiger charge is -2.40. The van der Waals surface area contributed by atoms with Crippen molar-refractivity contribution in [2.75, 3.05) is 18.4 Å². The molecule has 3 heterocycles. The van der Waals surface area contributed by atoms with Gasteiger partial charge in [0.15, 0.2) is 0 Å². The zero-order chi connectivity index (χ0) is 22.7. The number of nitrogens with zero attached hydrogens (tertiary/aromatic N) is 2. The minimum absolute atomic E-state index is 0.143. The smallest absolute Gasteiger partial charge is 0.328 e. The minimum atomic E-state index is -0.678. The number of rotatable bonds is 7. The quantitative estimate of drug-likeness (QED) is 0.582. The van der Waals surface area contributed by atoms with Crippen LogP contribution < -0.4 is 10.6 Å². The molecule has 2 unspecified atom stereocenters. The third-order valence-electron chi connectivity index (χ3n) is 4.94. The highest BCUT2D eigenvalue weighted by Gasteiger charge is 2.48. The summed E-state index contributed by atoms with van der Waals surface area (Å²) in [5.41, 5.74) is 0.584.